The largest absolute Gasteiger partial charge is 1.00 e. The number of rotatable bonds is 12. The number of carbonyl (C=O) groups is 2. The van der Waals surface area contributed by atoms with E-state index in [2.05, 4.69) is 52.8 Å². The molecule has 0 aromatic carbocycles. The van der Waals surface area contributed by atoms with E-state index in [1.54, 1.807) is 26.1 Å². The maximum absolute atomic E-state index is 13.0. The second-order valence-electron chi connectivity index (χ2n) is 17.8. The predicted molar refractivity (Wildman–Crippen MR) is 242 cm³/mol. The number of nitrogens with zero attached hydrogens (tertiary/aromatic N) is 5. The first-order valence-corrected chi connectivity index (χ1v) is 20.7. The Hall–Kier alpha value is -3.64. The predicted octanol–water partition coefficient (Wildman–Crippen LogP) is 7.38. The molecule has 1 amide bonds. The third-order valence-electron chi connectivity index (χ3n) is 9.92. The van der Waals surface area contributed by atoms with Crippen molar-refractivity contribution in [1.82, 2.24) is 30.4 Å². The van der Waals surface area contributed by atoms with Crippen LogP contribution in [0.15, 0.2) is 55.0 Å². The van der Waals surface area contributed by atoms with E-state index in [0.717, 1.165) is 57.2 Å². The van der Waals surface area contributed by atoms with Crippen LogP contribution in [0.25, 0.3) is 0 Å². The number of nitrogens with one attached hydrogen (secondary N) is 1. The summed E-state index contributed by atoms with van der Waals surface area (Å²) >= 11 is 0. The Labute approximate surface area is 410 Å². The van der Waals surface area contributed by atoms with Crippen LogP contribution in [0.3, 0.4) is 0 Å². The van der Waals surface area contributed by atoms with Crippen LogP contribution < -0.4 is 29.3 Å². The Bertz CT molecular complexity index is 1920. The first-order chi connectivity index (χ1) is 29.6. The molecular formula is C47H74F9LiN6O5. The van der Waals surface area contributed by atoms with Crippen molar-refractivity contribution in [1.29, 1.82) is 0 Å². The number of pyridine rings is 3. The van der Waals surface area contributed by atoms with Gasteiger partial charge in [0.25, 0.3) is 0 Å². The number of Topliss-reactive ketones (excluding diaryl/α,β-unsaturated/α-hetero) is 1. The number of likely N-dealkylation sites (N-methyl/N-ethyl adjacent to an activating group) is 1. The van der Waals surface area contributed by atoms with Gasteiger partial charge in [0.15, 0.2) is 0 Å². The van der Waals surface area contributed by atoms with Crippen LogP contribution in [0.1, 0.15) is 131 Å². The zero-order valence-electron chi connectivity index (χ0n) is 42.4. The van der Waals surface area contributed by atoms with Gasteiger partial charge >= 0.3 is 37.4 Å². The summed E-state index contributed by atoms with van der Waals surface area (Å²) < 4.78 is 115. The van der Waals surface area contributed by atoms with Gasteiger partial charge < -0.3 is 15.3 Å². The topological polar surface area (TPSA) is 133 Å². The second-order valence-corrected chi connectivity index (χ2v) is 17.8. The smallest absolute Gasteiger partial charge is 0.836 e. The summed E-state index contributed by atoms with van der Waals surface area (Å²) in [6.07, 6.45) is -8.92. The third-order valence-corrected chi connectivity index (χ3v) is 9.92. The Balaban J connectivity index is -0.000000396. The van der Waals surface area contributed by atoms with Crippen LogP contribution in [0.4, 0.5) is 39.5 Å². The molecule has 3 heterocycles. The molecule has 1 unspecified atom stereocenters. The molecule has 3 aromatic heterocycles. The van der Waals surface area contributed by atoms with Crippen LogP contribution in [0.2, 0.25) is 0 Å². The number of carbonyl (C=O) groups excluding carboxylic acids is 2. The van der Waals surface area contributed by atoms with Gasteiger partial charge in [-0.1, -0.05) is 42.0 Å². The molecule has 386 valence electrons. The van der Waals surface area contributed by atoms with Gasteiger partial charge in [-0.05, 0) is 121 Å². The van der Waals surface area contributed by atoms with Crippen molar-refractivity contribution < 1.29 is 82.7 Å². The molecule has 21 heteroatoms. The zero-order chi connectivity index (χ0) is 52.4. The first-order valence-electron chi connectivity index (χ1n) is 20.7. The van der Waals surface area contributed by atoms with Crippen LogP contribution in [0, 0.1) is 6.92 Å². The zero-order valence-corrected chi connectivity index (χ0v) is 42.4. The molecule has 68 heavy (non-hydrogen) atoms. The number of hydroxylamine groups is 4. The normalized spacial score (nSPS) is 12.8. The Morgan fingerprint density at radius 3 is 1.25 bits per heavy atom. The van der Waals surface area contributed by atoms with Crippen molar-refractivity contribution >= 4 is 11.7 Å². The quantitative estimate of drug-likeness (QED) is 0.0850. The average Bonchev–Trinajstić information content (AvgIpc) is 3.16. The fraction of sp³-hybridized carbons (Fsp3) is 0.638. The molecule has 0 aliphatic carbocycles. The van der Waals surface area contributed by atoms with E-state index in [9.17, 15) is 54.2 Å². The number of hydrogen-bond donors (Lipinski definition) is 1. The molecule has 0 saturated carbocycles. The van der Waals surface area contributed by atoms with E-state index < -0.39 is 40.5 Å². The minimum atomic E-state index is -4.41. The van der Waals surface area contributed by atoms with Gasteiger partial charge in [0, 0.05) is 58.1 Å². The van der Waals surface area contributed by atoms with Crippen molar-refractivity contribution in [2.24, 2.45) is 0 Å². The standard InChI is InChI=1S/C14H20F3N2O2.C12H14F3NO.C10H12F3N.C6H15N.C4H9NO2.CH4.Li/c1-12(2,14(15,16)17)11-8-10(6-7-18-11)9-13(3,20)19(4)21-5;1-8(17)6-9-4-5-16-10(7-9)11(2,3)12(13,14)15;1-7-4-5-14-8(6-7)9(2,3)10(11,12)13;1-5(2)7-6(3)4;1-4(6)5(2)7-3;;/h6-8H,9H2,1-5H3;4-5,7H,6H2,1-3H3;4-6H,1-3H3;5-7H,1-4H3;1-3H3;1H4;/q-1;;;;;;+1. The maximum atomic E-state index is 13.0. The number of ketones is 1. The van der Waals surface area contributed by atoms with Crippen LogP contribution >= 0.6 is 0 Å². The molecule has 0 bridgehead atoms. The Kier molecular flexibility index (Phi) is 30.8. The minimum Gasteiger partial charge on any atom is -0.836 e. The van der Waals surface area contributed by atoms with Gasteiger partial charge in [-0.25, -0.2) is 10.1 Å². The molecule has 0 spiro atoms. The number of alkyl halides is 9. The molecule has 1 atom stereocenters. The van der Waals surface area contributed by atoms with Gasteiger partial charge in [-0.3, -0.25) is 29.4 Å². The van der Waals surface area contributed by atoms with Crippen LogP contribution in [-0.4, -0.2) is 101 Å². The van der Waals surface area contributed by atoms with Crippen LogP contribution in [-0.2, 0) is 48.4 Å². The van der Waals surface area contributed by atoms with Crippen molar-refractivity contribution in [2.45, 2.75) is 170 Å². The number of aryl methyl sites for hydroxylation is 1. The number of aromatic nitrogens is 3. The van der Waals surface area contributed by atoms with E-state index in [-0.39, 0.29) is 67.9 Å². The van der Waals surface area contributed by atoms with Gasteiger partial charge in [0.05, 0.1) is 31.3 Å². The Morgan fingerprint density at radius 1 is 0.647 bits per heavy atom. The molecule has 3 rings (SSSR count). The summed E-state index contributed by atoms with van der Waals surface area (Å²) in [5, 5.41) is 17.9. The molecule has 0 aliphatic heterocycles. The first kappa shape index (κ1) is 70.9. The molecule has 0 radical (unpaired) electrons. The van der Waals surface area contributed by atoms with Crippen molar-refractivity contribution in [3.05, 3.63) is 88.8 Å². The molecule has 11 nitrogen and oxygen atoms in total. The summed E-state index contributed by atoms with van der Waals surface area (Å²) in [5.41, 5.74) is -5.85. The fourth-order valence-corrected chi connectivity index (χ4v) is 4.93. The third kappa shape index (κ3) is 24.3. The Morgan fingerprint density at radius 2 is 0.985 bits per heavy atom. The molecular weight excluding hydrogens is 906 g/mol. The fourth-order valence-electron chi connectivity index (χ4n) is 4.93. The van der Waals surface area contributed by atoms with Gasteiger partial charge in [0.2, 0.25) is 5.91 Å². The molecule has 0 saturated heterocycles. The molecule has 1 N–H and O–H groups in total. The van der Waals surface area contributed by atoms with Gasteiger partial charge in [0.1, 0.15) is 22.0 Å². The van der Waals surface area contributed by atoms with Crippen molar-refractivity contribution in [3.8, 4) is 0 Å². The van der Waals surface area contributed by atoms with Gasteiger partial charge in [-0.2, -0.15) is 39.5 Å². The molecule has 0 aliphatic rings. The molecule has 3 aromatic rings. The van der Waals surface area contributed by atoms with E-state index in [1.165, 1.54) is 84.9 Å². The summed E-state index contributed by atoms with van der Waals surface area (Å²) in [7, 11) is 5.85. The van der Waals surface area contributed by atoms with E-state index >= 15 is 0 Å². The maximum Gasteiger partial charge on any atom is 1.00 e. The van der Waals surface area contributed by atoms with E-state index in [4.69, 9.17) is 4.84 Å². The van der Waals surface area contributed by atoms with Crippen molar-refractivity contribution in [2.75, 3.05) is 28.3 Å². The van der Waals surface area contributed by atoms with E-state index in [1.807, 2.05) is 0 Å². The SMILES string of the molecule is C.CC(=O)Cc1ccnc(C(C)(C)C(F)(F)F)c1.CC(C)NC(C)C.CON(C)C(C)([O-])Cc1ccnc(C(C)(C)C(F)(F)F)c1.CON(C)C(C)=O.Cc1ccnc(C(C)(C)C(F)(F)F)c1.[Li+]. The monoisotopic (exact) mass is 981 g/mol. The van der Waals surface area contributed by atoms with E-state index in [0.29, 0.717) is 23.2 Å². The summed E-state index contributed by atoms with van der Waals surface area (Å²) in [6.45, 7) is 21.2. The summed E-state index contributed by atoms with van der Waals surface area (Å²) in [5.74, 6) is -0.186. The summed E-state index contributed by atoms with van der Waals surface area (Å²) in [6, 6.07) is 10.2. The minimum absolute atomic E-state index is 0. The average molecular weight is 981 g/mol. The van der Waals surface area contributed by atoms with Crippen molar-refractivity contribution in [3.63, 3.8) is 0 Å². The number of amides is 1. The van der Waals surface area contributed by atoms with Crippen LogP contribution in [0.5, 0.6) is 0 Å². The summed E-state index contributed by atoms with van der Waals surface area (Å²) in [4.78, 5) is 41.8. The van der Waals surface area contributed by atoms with Gasteiger partial charge in [-0.15, -0.1) is 0 Å². The number of hydrogen-bond acceptors (Lipinski definition) is 10. The second kappa shape index (κ2) is 29.5. The molecule has 0 fully saturated rings. The number of halogens is 9.